The number of Topliss-reactive ketones (excluding diaryl/α,β-unsaturated/α-hetero) is 1. The Labute approximate surface area is 229 Å². The van der Waals surface area contributed by atoms with Gasteiger partial charge in [-0.25, -0.2) is 0 Å². The molecule has 1 aliphatic heterocycles. The van der Waals surface area contributed by atoms with Gasteiger partial charge in [-0.3, -0.25) is 19.5 Å². The average Bonchev–Trinajstić information content (AvgIpc) is 3.56. The van der Waals surface area contributed by atoms with E-state index in [1.807, 2.05) is 30.3 Å². The number of furan rings is 1. The van der Waals surface area contributed by atoms with E-state index in [4.69, 9.17) is 13.9 Å². The molecule has 1 N–H and O–H groups in total. The highest BCUT2D eigenvalue weighted by Gasteiger charge is 2.46. The molecular formula is C32H24N2O6. The van der Waals surface area contributed by atoms with Crippen molar-refractivity contribution >= 4 is 28.3 Å². The highest BCUT2D eigenvalue weighted by molar-refractivity contribution is 6.20. The van der Waals surface area contributed by atoms with Gasteiger partial charge in [0, 0.05) is 17.3 Å². The maximum atomic E-state index is 13.8. The molecule has 0 bridgehead atoms. The van der Waals surface area contributed by atoms with Crippen LogP contribution in [0.4, 0.5) is 5.69 Å². The summed E-state index contributed by atoms with van der Waals surface area (Å²) in [4.78, 5) is 33.1. The number of para-hydroxylation sites is 1. The molecule has 0 saturated carbocycles. The van der Waals surface area contributed by atoms with Crippen molar-refractivity contribution in [2.24, 2.45) is 0 Å². The lowest BCUT2D eigenvalue weighted by Crippen LogP contribution is -2.31. The highest BCUT2D eigenvalue weighted by Crippen LogP contribution is 2.42. The maximum absolute atomic E-state index is 13.8. The first kappa shape index (κ1) is 24.9. The van der Waals surface area contributed by atoms with E-state index in [1.165, 1.54) is 12.0 Å². The van der Waals surface area contributed by atoms with Gasteiger partial charge in [-0.15, -0.1) is 0 Å². The summed E-state index contributed by atoms with van der Waals surface area (Å²) in [5, 5.41) is 11.7. The molecule has 1 unspecified atom stereocenters. The first-order valence-electron chi connectivity index (χ1n) is 12.6. The summed E-state index contributed by atoms with van der Waals surface area (Å²) >= 11 is 0. The van der Waals surface area contributed by atoms with Crippen LogP contribution in [-0.2, 0) is 11.4 Å². The standard InChI is InChI=1S/C32H24N2O6/c1-38-25-12-7-10-21-18-26(40-31(21)25)29(35)27-28(24-11-5-6-17-33-24)34(32(37)30(27)36)22-13-15-23(16-14-22)39-19-20-8-3-2-4-9-20/h2-18,28,36H,19H2,1H3. The number of carbonyl (C=O) groups is 2. The number of methoxy groups -OCH3 is 1. The van der Waals surface area contributed by atoms with Crippen LogP contribution in [0, 0.1) is 0 Å². The van der Waals surface area contributed by atoms with Gasteiger partial charge >= 0.3 is 0 Å². The zero-order valence-corrected chi connectivity index (χ0v) is 21.5. The van der Waals surface area contributed by atoms with Crippen LogP contribution in [0.15, 0.2) is 119 Å². The van der Waals surface area contributed by atoms with E-state index < -0.39 is 23.5 Å². The molecule has 5 aromatic rings. The minimum atomic E-state index is -0.979. The molecule has 1 aliphatic rings. The number of benzene rings is 3. The van der Waals surface area contributed by atoms with Gasteiger partial charge in [0.25, 0.3) is 5.91 Å². The predicted molar refractivity (Wildman–Crippen MR) is 148 cm³/mol. The lowest BCUT2D eigenvalue weighted by atomic mass is 9.98. The number of pyridine rings is 1. The molecule has 6 rings (SSSR count). The Morgan fingerprint density at radius 3 is 2.48 bits per heavy atom. The molecule has 0 saturated heterocycles. The van der Waals surface area contributed by atoms with E-state index >= 15 is 0 Å². The van der Waals surface area contributed by atoms with Crippen LogP contribution >= 0.6 is 0 Å². The minimum absolute atomic E-state index is 0.0266. The summed E-state index contributed by atoms with van der Waals surface area (Å²) in [6.07, 6.45) is 1.57. The maximum Gasteiger partial charge on any atom is 0.294 e. The summed E-state index contributed by atoms with van der Waals surface area (Å²) in [7, 11) is 1.51. The van der Waals surface area contributed by atoms with Crippen molar-refractivity contribution in [2.75, 3.05) is 12.0 Å². The second-order valence-corrected chi connectivity index (χ2v) is 9.18. The largest absolute Gasteiger partial charge is 0.503 e. The molecule has 8 heteroatoms. The van der Waals surface area contributed by atoms with Gasteiger partial charge in [0.15, 0.2) is 22.9 Å². The van der Waals surface area contributed by atoms with Crippen LogP contribution in [0.1, 0.15) is 27.9 Å². The van der Waals surface area contributed by atoms with Crippen molar-refractivity contribution in [3.8, 4) is 11.5 Å². The van der Waals surface area contributed by atoms with Crippen molar-refractivity contribution in [3.05, 3.63) is 132 Å². The first-order chi connectivity index (χ1) is 19.5. The van der Waals surface area contributed by atoms with E-state index in [1.54, 1.807) is 72.9 Å². The summed E-state index contributed by atoms with van der Waals surface area (Å²) < 4.78 is 17.1. The Bertz CT molecular complexity index is 1730. The number of hydrogen-bond acceptors (Lipinski definition) is 7. The normalized spacial score (nSPS) is 15.1. The van der Waals surface area contributed by atoms with Gasteiger partial charge in [-0.05, 0) is 54.1 Å². The third kappa shape index (κ3) is 4.45. The van der Waals surface area contributed by atoms with Crippen molar-refractivity contribution in [2.45, 2.75) is 12.6 Å². The number of fused-ring (bicyclic) bond motifs is 1. The Kier molecular flexibility index (Phi) is 6.49. The average molecular weight is 533 g/mol. The fraction of sp³-hybridized carbons (Fsp3) is 0.0938. The van der Waals surface area contributed by atoms with Crippen LogP contribution in [0.5, 0.6) is 11.5 Å². The van der Waals surface area contributed by atoms with E-state index in [9.17, 15) is 14.7 Å². The SMILES string of the molecule is COc1cccc2cc(C(=O)C3=C(O)C(=O)N(c4ccc(OCc5ccccc5)cc4)C3c3ccccn3)oc12. The quantitative estimate of drug-likeness (QED) is 0.238. The molecule has 198 valence electrons. The Hall–Kier alpha value is -5.37. The van der Waals surface area contributed by atoms with Crippen LogP contribution in [0.3, 0.4) is 0 Å². The van der Waals surface area contributed by atoms with E-state index in [0.717, 1.165) is 5.56 Å². The molecule has 0 aliphatic carbocycles. The molecule has 3 aromatic carbocycles. The fourth-order valence-corrected chi connectivity index (χ4v) is 4.81. The topological polar surface area (TPSA) is 102 Å². The fourth-order valence-electron chi connectivity index (χ4n) is 4.81. The number of hydrogen-bond donors (Lipinski definition) is 1. The van der Waals surface area contributed by atoms with Crippen LogP contribution in [0.25, 0.3) is 11.0 Å². The Morgan fingerprint density at radius 2 is 1.75 bits per heavy atom. The van der Waals surface area contributed by atoms with Crippen molar-refractivity contribution < 1.29 is 28.6 Å². The number of nitrogens with zero attached hydrogens (tertiary/aromatic N) is 2. The van der Waals surface area contributed by atoms with Gasteiger partial charge in [0.1, 0.15) is 18.4 Å². The van der Waals surface area contributed by atoms with Crippen molar-refractivity contribution in [1.29, 1.82) is 0 Å². The van der Waals surface area contributed by atoms with E-state index in [-0.39, 0.29) is 11.3 Å². The van der Waals surface area contributed by atoms with Crippen LogP contribution in [-0.4, -0.2) is 28.9 Å². The molecule has 1 atom stereocenters. The summed E-state index contributed by atoms with van der Waals surface area (Å²) in [6.45, 7) is 0.392. The van der Waals surface area contributed by atoms with Gasteiger partial charge in [0.05, 0.1) is 18.4 Å². The lowest BCUT2D eigenvalue weighted by Gasteiger charge is -2.26. The number of aromatic nitrogens is 1. The molecule has 1 amide bonds. The zero-order chi connectivity index (χ0) is 27.6. The Balaban J connectivity index is 1.35. The van der Waals surface area contributed by atoms with Crippen molar-refractivity contribution in [3.63, 3.8) is 0 Å². The molecule has 3 heterocycles. The van der Waals surface area contributed by atoms with Crippen molar-refractivity contribution in [1.82, 2.24) is 4.98 Å². The molecule has 40 heavy (non-hydrogen) atoms. The summed E-state index contributed by atoms with van der Waals surface area (Å²) in [5.41, 5.74) is 2.19. The molecule has 0 spiro atoms. The van der Waals surface area contributed by atoms with Crippen LogP contribution in [0.2, 0.25) is 0 Å². The molecule has 2 aromatic heterocycles. The van der Waals surface area contributed by atoms with E-state index in [2.05, 4.69) is 4.98 Å². The first-order valence-corrected chi connectivity index (χ1v) is 12.6. The number of ether oxygens (including phenoxy) is 2. The number of amides is 1. The third-order valence-electron chi connectivity index (χ3n) is 6.74. The van der Waals surface area contributed by atoms with Gasteiger partial charge in [0.2, 0.25) is 5.78 Å². The number of rotatable bonds is 8. The molecule has 0 radical (unpaired) electrons. The highest BCUT2D eigenvalue weighted by atomic mass is 16.5. The number of anilines is 1. The molecule has 8 nitrogen and oxygen atoms in total. The van der Waals surface area contributed by atoms with Gasteiger partial charge < -0.3 is 19.0 Å². The smallest absolute Gasteiger partial charge is 0.294 e. The third-order valence-corrected chi connectivity index (χ3v) is 6.74. The van der Waals surface area contributed by atoms with Gasteiger partial charge in [-0.1, -0.05) is 48.5 Å². The summed E-state index contributed by atoms with van der Waals surface area (Å²) in [5.74, 6) is -0.942. The second-order valence-electron chi connectivity index (χ2n) is 9.18. The number of aliphatic hydroxyl groups excluding tert-OH is 1. The monoisotopic (exact) mass is 532 g/mol. The zero-order valence-electron chi connectivity index (χ0n) is 21.5. The summed E-state index contributed by atoms with van der Waals surface area (Å²) in [6, 6.07) is 27.8. The Morgan fingerprint density at radius 1 is 0.975 bits per heavy atom. The lowest BCUT2D eigenvalue weighted by molar-refractivity contribution is -0.117. The number of carbonyl (C=O) groups excluding carboxylic acids is 2. The number of aliphatic hydroxyl groups is 1. The molecular weight excluding hydrogens is 508 g/mol. The second kappa shape index (κ2) is 10.4. The number of ketones is 1. The van der Waals surface area contributed by atoms with E-state index in [0.29, 0.717) is 40.5 Å². The minimum Gasteiger partial charge on any atom is -0.503 e. The van der Waals surface area contributed by atoms with Gasteiger partial charge in [-0.2, -0.15) is 0 Å². The predicted octanol–water partition coefficient (Wildman–Crippen LogP) is 6.20. The van der Waals surface area contributed by atoms with Crippen LogP contribution < -0.4 is 14.4 Å². The molecule has 0 fully saturated rings.